The van der Waals surface area contributed by atoms with Crippen molar-refractivity contribution in [1.29, 1.82) is 0 Å². The summed E-state index contributed by atoms with van der Waals surface area (Å²) in [6.07, 6.45) is 0.888. The standard InChI is InChI=1S/C12H18N4O2/c1-2-5-15-11(17)7-16-8-3-4-10(13)9(6-8)12(14)18/h3-4,6,16H,2,5,7,13H2,1H3,(H2,14,18)(H,15,17). The van der Waals surface area contributed by atoms with E-state index in [1.165, 1.54) is 6.07 Å². The van der Waals surface area contributed by atoms with Crippen molar-refractivity contribution < 1.29 is 9.59 Å². The molecule has 0 aliphatic carbocycles. The summed E-state index contributed by atoms with van der Waals surface area (Å²) in [5, 5.41) is 5.63. The highest BCUT2D eigenvalue weighted by atomic mass is 16.2. The van der Waals surface area contributed by atoms with E-state index in [1.54, 1.807) is 12.1 Å². The van der Waals surface area contributed by atoms with Crippen LogP contribution in [0.3, 0.4) is 0 Å². The van der Waals surface area contributed by atoms with E-state index in [4.69, 9.17) is 11.5 Å². The molecular weight excluding hydrogens is 232 g/mol. The Morgan fingerprint density at radius 2 is 2.06 bits per heavy atom. The average molecular weight is 250 g/mol. The third-order valence-electron chi connectivity index (χ3n) is 2.34. The largest absolute Gasteiger partial charge is 0.398 e. The van der Waals surface area contributed by atoms with Gasteiger partial charge < -0.3 is 22.1 Å². The fraction of sp³-hybridized carbons (Fsp3) is 0.333. The van der Waals surface area contributed by atoms with Crippen LogP contribution in [0, 0.1) is 0 Å². The number of carbonyl (C=O) groups is 2. The highest BCUT2D eigenvalue weighted by molar-refractivity contribution is 5.99. The summed E-state index contributed by atoms with van der Waals surface area (Å²) in [5.41, 5.74) is 12.0. The topological polar surface area (TPSA) is 110 Å². The summed E-state index contributed by atoms with van der Waals surface area (Å²) >= 11 is 0. The van der Waals surface area contributed by atoms with Crippen LogP contribution in [0.4, 0.5) is 11.4 Å². The second-order valence-electron chi connectivity index (χ2n) is 3.87. The first kappa shape index (κ1) is 13.8. The number of carbonyl (C=O) groups excluding carboxylic acids is 2. The van der Waals surface area contributed by atoms with Gasteiger partial charge >= 0.3 is 0 Å². The third kappa shape index (κ3) is 3.97. The number of nitrogens with one attached hydrogen (secondary N) is 2. The van der Waals surface area contributed by atoms with Gasteiger partial charge in [0.25, 0.3) is 5.91 Å². The zero-order valence-electron chi connectivity index (χ0n) is 10.3. The molecule has 0 spiro atoms. The van der Waals surface area contributed by atoms with E-state index in [1.807, 2.05) is 6.92 Å². The van der Waals surface area contributed by atoms with Crippen LogP contribution in [0.15, 0.2) is 18.2 Å². The van der Waals surface area contributed by atoms with Crippen LogP contribution >= 0.6 is 0 Å². The SMILES string of the molecule is CCCNC(=O)CNc1ccc(N)c(C(N)=O)c1. The van der Waals surface area contributed by atoms with Crippen LogP contribution in [0.2, 0.25) is 0 Å². The molecule has 0 fully saturated rings. The maximum absolute atomic E-state index is 11.4. The maximum atomic E-state index is 11.4. The molecule has 1 rings (SSSR count). The summed E-state index contributed by atoms with van der Waals surface area (Å²) in [6, 6.07) is 4.80. The molecule has 0 aromatic heterocycles. The quantitative estimate of drug-likeness (QED) is 0.544. The molecule has 0 aliphatic heterocycles. The predicted octanol–water partition coefficient (Wildman–Crippen LogP) is 0.306. The van der Waals surface area contributed by atoms with Crippen LogP contribution in [0.1, 0.15) is 23.7 Å². The monoisotopic (exact) mass is 250 g/mol. The Balaban J connectivity index is 2.60. The lowest BCUT2D eigenvalue weighted by atomic mass is 10.1. The van der Waals surface area contributed by atoms with Gasteiger partial charge in [0.05, 0.1) is 12.1 Å². The lowest BCUT2D eigenvalue weighted by Crippen LogP contribution is -2.30. The minimum Gasteiger partial charge on any atom is -0.398 e. The van der Waals surface area contributed by atoms with Crippen molar-refractivity contribution in [3.05, 3.63) is 23.8 Å². The van der Waals surface area contributed by atoms with E-state index >= 15 is 0 Å². The van der Waals surface area contributed by atoms with E-state index < -0.39 is 5.91 Å². The molecular formula is C12H18N4O2. The number of nitrogen functional groups attached to an aromatic ring is 1. The van der Waals surface area contributed by atoms with E-state index in [-0.39, 0.29) is 18.0 Å². The Labute approximate surface area is 106 Å². The number of hydrogen-bond acceptors (Lipinski definition) is 4. The Morgan fingerprint density at radius 1 is 1.33 bits per heavy atom. The molecule has 0 radical (unpaired) electrons. The summed E-state index contributed by atoms with van der Waals surface area (Å²) in [6.45, 7) is 2.77. The molecule has 0 saturated carbocycles. The number of nitrogens with two attached hydrogens (primary N) is 2. The molecule has 18 heavy (non-hydrogen) atoms. The first-order valence-electron chi connectivity index (χ1n) is 5.74. The van der Waals surface area contributed by atoms with Gasteiger partial charge in [0.2, 0.25) is 5.91 Å². The number of hydrogen-bond donors (Lipinski definition) is 4. The molecule has 98 valence electrons. The summed E-state index contributed by atoms with van der Waals surface area (Å²) in [4.78, 5) is 22.5. The zero-order chi connectivity index (χ0) is 13.5. The molecule has 1 aromatic rings. The minimum absolute atomic E-state index is 0.102. The number of anilines is 2. The molecule has 1 aromatic carbocycles. The molecule has 0 unspecified atom stereocenters. The number of primary amides is 1. The molecule has 0 bridgehead atoms. The lowest BCUT2D eigenvalue weighted by molar-refractivity contribution is -0.119. The summed E-state index contributed by atoms with van der Waals surface area (Å²) in [5.74, 6) is -0.694. The van der Waals surface area contributed by atoms with Crippen molar-refractivity contribution in [3.63, 3.8) is 0 Å². The fourth-order valence-electron chi connectivity index (χ4n) is 1.39. The van der Waals surface area contributed by atoms with E-state index in [0.717, 1.165) is 6.42 Å². The second-order valence-corrected chi connectivity index (χ2v) is 3.87. The highest BCUT2D eigenvalue weighted by Crippen LogP contribution is 2.16. The Bertz CT molecular complexity index is 446. The van der Waals surface area contributed by atoms with Gasteiger partial charge in [-0.2, -0.15) is 0 Å². The smallest absolute Gasteiger partial charge is 0.250 e. The lowest BCUT2D eigenvalue weighted by Gasteiger charge is -2.09. The molecule has 6 N–H and O–H groups in total. The van der Waals surface area contributed by atoms with Crippen LogP contribution in [-0.4, -0.2) is 24.9 Å². The average Bonchev–Trinajstić information content (AvgIpc) is 2.35. The zero-order valence-corrected chi connectivity index (χ0v) is 10.3. The van der Waals surface area contributed by atoms with Gasteiger partial charge in [0.1, 0.15) is 0 Å². The van der Waals surface area contributed by atoms with Crippen LogP contribution in [0.25, 0.3) is 0 Å². The first-order chi connectivity index (χ1) is 8.54. The van der Waals surface area contributed by atoms with Crippen LogP contribution in [0.5, 0.6) is 0 Å². The predicted molar refractivity (Wildman–Crippen MR) is 71.2 cm³/mol. The number of amides is 2. The molecule has 6 heteroatoms. The normalized spacial score (nSPS) is 9.83. The number of rotatable bonds is 6. The molecule has 0 saturated heterocycles. The van der Waals surface area contributed by atoms with Gasteiger partial charge in [-0.3, -0.25) is 9.59 Å². The van der Waals surface area contributed by atoms with Gasteiger partial charge in [0, 0.05) is 17.9 Å². The van der Waals surface area contributed by atoms with E-state index in [0.29, 0.717) is 17.9 Å². The van der Waals surface area contributed by atoms with Crippen LogP contribution < -0.4 is 22.1 Å². The minimum atomic E-state index is -0.591. The molecule has 0 aliphatic rings. The van der Waals surface area contributed by atoms with Gasteiger partial charge in [0.15, 0.2) is 0 Å². The molecule has 0 atom stereocenters. The Kier molecular flexibility index (Phi) is 4.98. The van der Waals surface area contributed by atoms with Crippen molar-refractivity contribution in [2.24, 2.45) is 5.73 Å². The van der Waals surface area contributed by atoms with Crippen molar-refractivity contribution in [3.8, 4) is 0 Å². The molecule has 0 heterocycles. The maximum Gasteiger partial charge on any atom is 0.250 e. The molecule has 2 amide bonds. The van der Waals surface area contributed by atoms with E-state index in [2.05, 4.69) is 10.6 Å². The van der Waals surface area contributed by atoms with Gasteiger partial charge in [-0.05, 0) is 24.6 Å². The molecule has 6 nitrogen and oxygen atoms in total. The second kappa shape index (κ2) is 6.48. The van der Waals surface area contributed by atoms with Crippen molar-refractivity contribution in [1.82, 2.24) is 5.32 Å². The fourth-order valence-corrected chi connectivity index (χ4v) is 1.39. The summed E-state index contributed by atoms with van der Waals surface area (Å²) < 4.78 is 0. The Morgan fingerprint density at radius 3 is 2.67 bits per heavy atom. The number of benzene rings is 1. The summed E-state index contributed by atoms with van der Waals surface area (Å²) in [7, 11) is 0. The van der Waals surface area contributed by atoms with Gasteiger partial charge in [-0.1, -0.05) is 6.92 Å². The third-order valence-corrected chi connectivity index (χ3v) is 2.34. The highest BCUT2D eigenvalue weighted by Gasteiger charge is 2.07. The Hall–Kier alpha value is -2.24. The van der Waals surface area contributed by atoms with E-state index in [9.17, 15) is 9.59 Å². The van der Waals surface area contributed by atoms with Crippen molar-refractivity contribution in [2.75, 3.05) is 24.1 Å². The van der Waals surface area contributed by atoms with Crippen LogP contribution in [-0.2, 0) is 4.79 Å². The van der Waals surface area contributed by atoms with Gasteiger partial charge in [-0.25, -0.2) is 0 Å². The first-order valence-corrected chi connectivity index (χ1v) is 5.74. The van der Waals surface area contributed by atoms with Crippen molar-refractivity contribution >= 4 is 23.2 Å². The van der Waals surface area contributed by atoms with Gasteiger partial charge in [-0.15, -0.1) is 0 Å². The van der Waals surface area contributed by atoms with Crippen molar-refractivity contribution in [2.45, 2.75) is 13.3 Å².